The van der Waals surface area contributed by atoms with Gasteiger partial charge in [0.05, 0.1) is 16.3 Å². The topological polar surface area (TPSA) is 55.2 Å². The fourth-order valence-electron chi connectivity index (χ4n) is 4.32. The number of amides is 1. The summed E-state index contributed by atoms with van der Waals surface area (Å²) < 4.78 is 16.1. The number of carbonyl (C=O) groups is 1. The second kappa shape index (κ2) is 7.50. The van der Waals surface area contributed by atoms with E-state index < -0.39 is 5.82 Å². The Bertz CT molecular complexity index is 1220. The highest BCUT2D eigenvalue weighted by Crippen LogP contribution is 2.38. The zero-order chi connectivity index (χ0) is 21.0. The van der Waals surface area contributed by atoms with Gasteiger partial charge in [-0.15, -0.1) is 11.3 Å². The van der Waals surface area contributed by atoms with Gasteiger partial charge < -0.3 is 4.90 Å². The quantitative estimate of drug-likeness (QED) is 0.574. The maximum absolute atomic E-state index is 14.7. The Hall–Kier alpha value is -2.19. The Morgan fingerprint density at radius 2 is 2.03 bits per heavy atom. The van der Waals surface area contributed by atoms with E-state index in [1.807, 2.05) is 0 Å². The normalized spacial score (nSPS) is 21.4. The number of aryl methyl sites for hydroxylation is 1. The third-order valence-corrected chi connectivity index (χ3v) is 8.37. The number of carbonyl (C=O) groups excluding carboxylic acids is 1. The van der Waals surface area contributed by atoms with Gasteiger partial charge in [0.1, 0.15) is 10.6 Å². The maximum Gasteiger partial charge on any atom is 0.267 e. The van der Waals surface area contributed by atoms with Gasteiger partial charge in [-0.05, 0) is 49.3 Å². The van der Waals surface area contributed by atoms with E-state index in [9.17, 15) is 14.0 Å². The maximum atomic E-state index is 14.7. The Morgan fingerprint density at radius 3 is 2.77 bits per heavy atom. The molecule has 1 fully saturated rings. The van der Waals surface area contributed by atoms with E-state index in [0.717, 1.165) is 24.8 Å². The molecule has 1 amide bonds. The van der Waals surface area contributed by atoms with E-state index in [-0.39, 0.29) is 22.4 Å². The minimum atomic E-state index is -0.477. The van der Waals surface area contributed by atoms with Gasteiger partial charge in [-0.25, -0.2) is 9.37 Å². The molecule has 1 aliphatic carbocycles. The predicted octanol–water partition coefficient (Wildman–Crippen LogP) is 4.03. The SMILES string of the molecule is CC1CCc2c(sc3nc(SC4CCN(C)C4=O)n(-c4ccccc4F)c(=O)c23)C1. The van der Waals surface area contributed by atoms with Crippen molar-refractivity contribution in [3.8, 4) is 5.69 Å². The number of likely N-dealkylation sites (tertiary alicyclic amines) is 1. The molecule has 2 aromatic heterocycles. The van der Waals surface area contributed by atoms with Crippen LogP contribution in [-0.2, 0) is 17.6 Å². The number of rotatable bonds is 3. The van der Waals surface area contributed by atoms with Gasteiger partial charge in [-0.1, -0.05) is 30.8 Å². The summed E-state index contributed by atoms with van der Waals surface area (Å²) in [6.07, 6.45) is 3.52. The Morgan fingerprint density at radius 1 is 1.23 bits per heavy atom. The number of fused-ring (bicyclic) bond motifs is 3. The van der Waals surface area contributed by atoms with Gasteiger partial charge in [0.2, 0.25) is 5.91 Å². The molecule has 1 aromatic carbocycles. The van der Waals surface area contributed by atoms with E-state index in [0.29, 0.717) is 34.3 Å². The number of hydrogen-bond acceptors (Lipinski definition) is 5. The highest BCUT2D eigenvalue weighted by atomic mass is 32.2. The Balaban J connectivity index is 1.73. The molecule has 3 heterocycles. The molecule has 2 atom stereocenters. The number of nitrogens with zero attached hydrogens (tertiary/aromatic N) is 3. The molecule has 5 rings (SSSR count). The van der Waals surface area contributed by atoms with Gasteiger partial charge in [0.15, 0.2) is 5.16 Å². The molecule has 30 heavy (non-hydrogen) atoms. The van der Waals surface area contributed by atoms with Crippen LogP contribution in [0.25, 0.3) is 15.9 Å². The number of benzene rings is 1. The van der Waals surface area contributed by atoms with Crippen LogP contribution >= 0.6 is 23.1 Å². The molecule has 2 aliphatic rings. The van der Waals surface area contributed by atoms with Crippen LogP contribution < -0.4 is 5.56 Å². The van der Waals surface area contributed by atoms with Crippen LogP contribution in [0.4, 0.5) is 4.39 Å². The lowest BCUT2D eigenvalue weighted by Gasteiger charge is -2.18. The molecule has 0 saturated carbocycles. The van der Waals surface area contributed by atoms with Crippen molar-refractivity contribution in [1.29, 1.82) is 0 Å². The number of hydrogen-bond donors (Lipinski definition) is 0. The van der Waals surface area contributed by atoms with Crippen molar-refractivity contribution in [2.75, 3.05) is 13.6 Å². The average Bonchev–Trinajstić information content (AvgIpc) is 3.23. The summed E-state index contributed by atoms with van der Waals surface area (Å²) in [7, 11) is 1.78. The van der Waals surface area contributed by atoms with E-state index >= 15 is 0 Å². The molecule has 0 bridgehead atoms. The summed E-state index contributed by atoms with van der Waals surface area (Å²) in [5.74, 6) is 0.128. The van der Waals surface area contributed by atoms with Crippen molar-refractivity contribution in [1.82, 2.24) is 14.5 Å². The minimum absolute atomic E-state index is 0.0220. The molecular formula is C22H22FN3O2S2. The number of thiophene rings is 1. The first-order valence-electron chi connectivity index (χ1n) is 10.2. The fourth-order valence-corrected chi connectivity index (χ4v) is 6.94. The molecule has 0 spiro atoms. The third kappa shape index (κ3) is 3.17. The third-order valence-electron chi connectivity index (χ3n) is 6.02. The second-order valence-electron chi connectivity index (χ2n) is 8.17. The molecule has 2 unspecified atom stereocenters. The highest BCUT2D eigenvalue weighted by molar-refractivity contribution is 8.00. The first-order valence-corrected chi connectivity index (χ1v) is 11.9. The van der Waals surface area contributed by atoms with Crippen LogP contribution in [0.15, 0.2) is 34.2 Å². The first kappa shape index (κ1) is 19.8. The highest BCUT2D eigenvalue weighted by Gasteiger charge is 2.33. The smallest absolute Gasteiger partial charge is 0.267 e. The lowest BCUT2D eigenvalue weighted by molar-refractivity contribution is -0.126. The largest absolute Gasteiger partial charge is 0.345 e. The Labute approximate surface area is 181 Å². The van der Waals surface area contributed by atoms with Crippen molar-refractivity contribution < 1.29 is 9.18 Å². The van der Waals surface area contributed by atoms with Crippen LogP contribution in [0.3, 0.4) is 0 Å². The summed E-state index contributed by atoms with van der Waals surface area (Å²) in [4.78, 5) is 34.6. The monoisotopic (exact) mass is 443 g/mol. The zero-order valence-electron chi connectivity index (χ0n) is 16.9. The number of aromatic nitrogens is 2. The van der Waals surface area contributed by atoms with Crippen LogP contribution in [0, 0.1) is 11.7 Å². The van der Waals surface area contributed by atoms with Crippen molar-refractivity contribution in [2.24, 2.45) is 5.92 Å². The molecule has 5 nitrogen and oxygen atoms in total. The summed E-state index contributed by atoms with van der Waals surface area (Å²) in [6.45, 7) is 2.90. The van der Waals surface area contributed by atoms with Crippen LogP contribution in [0.1, 0.15) is 30.2 Å². The van der Waals surface area contributed by atoms with Crippen LogP contribution in [0.2, 0.25) is 0 Å². The average molecular weight is 444 g/mol. The molecule has 8 heteroatoms. The van der Waals surface area contributed by atoms with Crippen molar-refractivity contribution in [3.05, 3.63) is 50.9 Å². The molecular weight excluding hydrogens is 421 g/mol. The summed E-state index contributed by atoms with van der Waals surface area (Å²) in [5, 5.41) is 0.689. The predicted molar refractivity (Wildman–Crippen MR) is 118 cm³/mol. The minimum Gasteiger partial charge on any atom is -0.345 e. The van der Waals surface area contributed by atoms with Gasteiger partial charge >= 0.3 is 0 Å². The van der Waals surface area contributed by atoms with E-state index in [1.165, 1.54) is 27.3 Å². The lowest BCUT2D eigenvalue weighted by atomic mass is 9.89. The fraction of sp³-hybridized carbons (Fsp3) is 0.409. The standard InChI is InChI=1S/C22H22FN3O2S2/c1-12-7-8-13-17(11-12)29-19-18(13)21(28)26(15-6-4-3-5-14(15)23)22(24-19)30-16-9-10-25(2)20(16)27/h3-6,12,16H,7-11H2,1-2H3. The summed E-state index contributed by atoms with van der Waals surface area (Å²) in [6, 6.07) is 6.26. The van der Waals surface area contributed by atoms with Crippen LogP contribution in [-0.4, -0.2) is 39.2 Å². The second-order valence-corrected chi connectivity index (χ2v) is 10.4. The van der Waals surface area contributed by atoms with E-state index in [1.54, 1.807) is 41.5 Å². The van der Waals surface area contributed by atoms with Crippen molar-refractivity contribution in [2.45, 2.75) is 43.0 Å². The summed E-state index contributed by atoms with van der Waals surface area (Å²) in [5.41, 5.74) is 1.02. The molecule has 156 valence electrons. The number of para-hydroxylation sites is 1. The number of thioether (sulfide) groups is 1. The summed E-state index contributed by atoms with van der Waals surface area (Å²) >= 11 is 2.84. The lowest BCUT2D eigenvalue weighted by Crippen LogP contribution is -2.26. The Kier molecular flexibility index (Phi) is 4.94. The molecule has 1 aliphatic heterocycles. The molecule has 1 saturated heterocycles. The van der Waals surface area contributed by atoms with E-state index in [4.69, 9.17) is 4.98 Å². The van der Waals surface area contributed by atoms with Gasteiger partial charge in [-0.2, -0.15) is 0 Å². The van der Waals surface area contributed by atoms with Gasteiger partial charge in [-0.3, -0.25) is 14.2 Å². The molecule has 0 N–H and O–H groups in total. The number of halogens is 1. The van der Waals surface area contributed by atoms with Gasteiger partial charge in [0.25, 0.3) is 5.56 Å². The van der Waals surface area contributed by atoms with E-state index in [2.05, 4.69) is 6.92 Å². The zero-order valence-corrected chi connectivity index (χ0v) is 18.5. The van der Waals surface area contributed by atoms with Crippen LogP contribution in [0.5, 0.6) is 0 Å². The molecule has 0 radical (unpaired) electrons. The first-order chi connectivity index (χ1) is 14.4. The van der Waals surface area contributed by atoms with Gasteiger partial charge in [0, 0.05) is 18.5 Å². The van der Waals surface area contributed by atoms with Crippen molar-refractivity contribution in [3.63, 3.8) is 0 Å². The van der Waals surface area contributed by atoms with Crippen molar-refractivity contribution >= 4 is 39.2 Å². The molecule has 3 aromatic rings.